The molecule has 0 radical (unpaired) electrons. The Hall–Kier alpha value is -2.77. The lowest BCUT2D eigenvalue weighted by Gasteiger charge is -2.29. The maximum atomic E-state index is 6.36. The van der Waals surface area contributed by atoms with Crippen LogP contribution in [0, 0.1) is 5.92 Å². The number of hydrogen-bond acceptors (Lipinski definition) is 7. The third-order valence-corrected chi connectivity index (χ3v) is 6.04. The van der Waals surface area contributed by atoms with E-state index < -0.39 is 0 Å². The molecule has 4 rings (SSSR count). The van der Waals surface area contributed by atoms with E-state index >= 15 is 0 Å². The van der Waals surface area contributed by atoms with Crippen molar-refractivity contribution in [3.63, 3.8) is 0 Å². The minimum absolute atomic E-state index is 0.0865. The van der Waals surface area contributed by atoms with Crippen molar-refractivity contribution in [2.45, 2.75) is 25.9 Å². The minimum Gasteiger partial charge on any atom is -0.497 e. The van der Waals surface area contributed by atoms with Gasteiger partial charge in [0, 0.05) is 17.5 Å². The van der Waals surface area contributed by atoms with Gasteiger partial charge in [0.1, 0.15) is 17.9 Å². The van der Waals surface area contributed by atoms with E-state index in [0.717, 1.165) is 36.8 Å². The molecule has 1 fully saturated rings. The van der Waals surface area contributed by atoms with Gasteiger partial charge in [0.15, 0.2) is 11.5 Å². The third kappa shape index (κ3) is 4.78. The number of ether oxygens (including phenoxy) is 3. The molecule has 2 N–H and O–H groups in total. The molecule has 2 heterocycles. The highest BCUT2D eigenvalue weighted by Gasteiger charge is 2.23. The fourth-order valence-electron chi connectivity index (χ4n) is 3.88. The Morgan fingerprint density at radius 3 is 2.61 bits per heavy atom. The molecule has 0 saturated carbocycles. The molecule has 1 saturated heterocycles. The van der Waals surface area contributed by atoms with E-state index in [0.29, 0.717) is 39.7 Å². The fraction of sp³-hybridized carbons (Fsp3) is 0.391. The summed E-state index contributed by atoms with van der Waals surface area (Å²) in [5, 5.41) is 8.05. The predicted molar refractivity (Wildman–Crippen MR) is 123 cm³/mol. The summed E-state index contributed by atoms with van der Waals surface area (Å²) in [5.74, 6) is 3.16. The van der Waals surface area contributed by atoms with Crippen LogP contribution in [0.4, 0.5) is 11.5 Å². The van der Waals surface area contributed by atoms with Crippen LogP contribution in [0.15, 0.2) is 36.7 Å². The van der Waals surface area contributed by atoms with Crippen LogP contribution in [0.2, 0.25) is 5.02 Å². The Kier molecular flexibility index (Phi) is 6.63. The largest absolute Gasteiger partial charge is 0.497 e. The van der Waals surface area contributed by atoms with Crippen LogP contribution < -0.4 is 24.8 Å². The number of nitrogens with zero attached hydrogens (tertiary/aromatic N) is 2. The number of piperidine rings is 1. The Morgan fingerprint density at radius 2 is 1.87 bits per heavy atom. The Labute approximate surface area is 187 Å². The molecular weight excluding hydrogens is 416 g/mol. The molecule has 0 spiro atoms. The molecule has 8 heteroatoms. The quantitative estimate of drug-likeness (QED) is 0.543. The summed E-state index contributed by atoms with van der Waals surface area (Å²) in [5.41, 5.74) is 1.45. The number of fused-ring (bicyclic) bond motifs is 1. The maximum Gasteiger partial charge on any atom is 0.163 e. The minimum atomic E-state index is 0.0865. The first-order valence-corrected chi connectivity index (χ1v) is 10.8. The van der Waals surface area contributed by atoms with Crippen LogP contribution in [0.3, 0.4) is 0 Å². The Bertz CT molecular complexity index is 1060. The van der Waals surface area contributed by atoms with Crippen molar-refractivity contribution in [3.05, 3.63) is 41.7 Å². The van der Waals surface area contributed by atoms with E-state index in [1.807, 2.05) is 24.3 Å². The van der Waals surface area contributed by atoms with Gasteiger partial charge in [-0.05, 0) is 57.0 Å². The molecule has 3 aromatic rings. The zero-order valence-electron chi connectivity index (χ0n) is 17.9. The monoisotopic (exact) mass is 442 g/mol. The Balaban J connectivity index is 1.65. The highest BCUT2D eigenvalue weighted by atomic mass is 35.5. The van der Waals surface area contributed by atoms with E-state index in [1.165, 1.54) is 6.33 Å². The molecule has 1 unspecified atom stereocenters. The van der Waals surface area contributed by atoms with Gasteiger partial charge in [-0.2, -0.15) is 0 Å². The van der Waals surface area contributed by atoms with Crippen molar-refractivity contribution in [1.29, 1.82) is 0 Å². The Morgan fingerprint density at radius 1 is 1.06 bits per heavy atom. The van der Waals surface area contributed by atoms with Crippen LogP contribution in [0.25, 0.3) is 10.9 Å². The zero-order valence-corrected chi connectivity index (χ0v) is 18.7. The summed E-state index contributed by atoms with van der Waals surface area (Å²) in [6.07, 6.45) is 3.82. The lowest BCUT2D eigenvalue weighted by atomic mass is 9.93. The number of benzene rings is 2. The molecule has 1 aliphatic heterocycles. The number of methoxy groups -OCH3 is 2. The second-order valence-corrected chi connectivity index (χ2v) is 8.03. The SMILES string of the molecule is COc1ccc(Cl)c(Nc2ncnc3cc(OC(C)C4CCNCC4)c(OC)cc23)c1. The molecular formula is C23H27ClN4O3. The molecule has 2 aromatic carbocycles. The molecule has 1 aromatic heterocycles. The van der Waals surface area contributed by atoms with Crippen LogP contribution in [-0.2, 0) is 0 Å². The summed E-state index contributed by atoms with van der Waals surface area (Å²) in [7, 11) is 3.25. The highest BCUT2D eigenvalue weighted by Crippen LogP contribution is 2.37. The maximum absolute atomic E-state index is 6.36. The topological polar surface area (TPSA) is 77.5 Å². The lowest BCUT2D eigenvalue weighted by molar-refractivity contribution is 0.124. The average molecular weight is 443 g/mol. The second-order valence-electron chi connectivity index (χ2n) is 7.62. The first kappa shape index (κ1) is 21.5. The summed E-state index contributed by atoms with van der Waals surface area (Å²) in [6, 6.07) is 9.22. The van der Waals surface area contributed by atoms with Crippen LogP contribution in [0.1, 0.15) is 19.8 Å². The number of aromatic nitrogens is 2. The molecule has 1 atom stereocenters. The summed E-state index contributed by atoms with van der Waals surface area (Å²) < 4.78 is 17.3. The van der Waals surface area contributed by atoms with Crippen molar-refractivity contribution in [2.24, 2.45) is 5.92 Å². The third-order valence-electron chi connectivity index (χ3n) is 5.71. The van der Waals surface area contributed by atoms with Crippen molar-refractivity contribution in [1.82, 2.24) is 15.3 Å². The molecule has 7 nitrogen and oxygen atoms in total. The average Bonchev–Trinajstić information content (AvgIpc) is 2.80. The van der Waals surface area contributed by atoms with Crippen LogP contribution in [-0.4, -0.2) is 43.4 Å². The van der Waals surface area contributed by atoms with Gasteiger partial charge in [-0.15, -0.1) is 0 Å². The number of hydrogen-bond donors (Lipinski definition) is 2. The van der Waals surface area contributed by atoms with Gasteiger partial charge in [0.05, 0.1) is 36.6 Å². The fourth-order valence-corrected chi connectivity index (χ4v) is 4.04. The van der Waals surface area contributed by atoms with Gasteiger partial charge in [0.25, 0.3) is 0 Å². The van der Waals surface area contributed by atoms with E-state index in [2.05, 4.69) is 27.5 Å². The number of nitrogens with one attached hydrogen (secondary N) is 2. The van der Waals surface area contributed by atoms with Gasteiger partial charge in [-0.1, -0.05) is 11.6 Å². The van der Waals surface area contributed by atoms with Gasteiger partial charge < -0.3 is 24.8 Å². The standard InChI is InChI=1S/C23H27ClN4O3/c1-14(15-6-8-25-9-7-15)31-22-12-19-17(11-21(22)30-3)23(27-13-26-19)28-20-10-16(29-2)4-5-18(20)24/h4-5,10-15,25H,6-9H2,1-3H3,(H,26,27,28). The molecule has 164 valence electrons. The first-order valence-electron chi connectivity index (χ1n) is 10.4. The molecule has 1 aliphatic rings. The van der Waals surface area contributed by atoms with Crippen molar-refractivity contribution >= 4 is 34.0 Å². The molecule has 31 heavy (non-hydrogen) atoms. The van der Waals surface area contributed by atoms with Crippen LogP contribution >= 0.6 is 11.6 Å². The highest BCUT2D eigenvalue weighted by molar-refractivity contribution is 6.33. The molecule has 0 bridgehead atoms. The number of rotatable bonds is 7. The van der Waals surface area contributed by atoms with E-state index in [1.54, 1.807) is 20.3 Å². The first-order chi connectivity index (χ1) is 15.1. The van der Waals surface area contributed by atoms with Crippen molar-refractivity contribution in [3.8, 4) is 17.2 Å². The van der Waals surface area contributed by atoms with Gasteiger partial charge in [-0.25, -0.2) is 9.97 Å². The van der Waals surface area contributed by atoms with E-state index in [9.17, 15) is 0 Å². The number of halogens is 1. The number of anilines is 2. The van der Waals surface area contributed by atoms with E-state index in [4.69, 9.17) is 25.8 Å². The predicted octanol–water partition coefficient (Wildman–Crippen LogP) is 4.81. The van der Waals surface area contributed by atoms with Crippen LogP contribution in [0.5, 0.6) is 17.2 Å². The summed E-state index contributed by atoms with van der Waals surface area (Å²) >= 11 is 6.36. The van der Waals surface area contributed by atoms with Gasteiger partial charge in [0.2, 0.25) is 0 Å². The lowest BCUT2D eigenvalue weighted by Crippen LogP contribution is -2.35. The summed E-state index contributed by atoms with van der Waals surface area (Å²) in [6.45, 7) is 4.18. The smallest absolute Gasteiger partial charge is 0.163 e. The molecule has 0 aliphatic carbocycles. The second kappa shape index (κ2) is 9.58. The van der Waals surface area contributed by atoms with Gasteiger partial charge >= 0.3 is 0 Å². The van der Waals surface area contributed by atoms with Gasteiger partial charge in [-0.3, -0.25) is 0 Å². The van der Waals surface area contributed by atoms with Crippen molar-refractivity contribution in [2.75, 3.05) is 32.6 Å². The summed E-state index contributed by atoms with van der Waals surface area (Å²) in [4.78, 5) is 8.85. The van der Waals surface area contributed by atoms with Crippen molar-refractivity contribution < 1.29 is 14.2 Å². The van der Waals surface area contributed by atoms with E-state index in [-0.39, 0.29) is 6.10 Å². The molecule has 0 amide bonds. The zero-order chi connectivity index (χ0) is 21.8. The normalized spacial score (nSPS) is 15.5.